The Morgan fingerprint density at radius 2 is 1.65 bits per heavy atom. The van der Waals surface area contributed by atoms with Gasteiger partial charge in [0.05, 0.1) is 40.1 Å². The van der Waals surface area contributed by atoms with Gasteiger partial charge in [-0.3, -0.25) is 9.59 Å². The van der Waals surface area contributed by atoms with Crippen LogP contribution in [0.1, 0.15) is 51.9 Å². The van der Waals surface area contributed by atoms with Crippen LogP contribution in [0.2, 0.25) is 0 Å². The van der Waals surface area contributed by atoms with Crippen molar-refractivity contribution in [2.45, 2.75) is 64.1 Å². The number of carbonyl (C=O) groups excluding carboxylic acids is 1. The average molecular weight is 371 g/mol. The van der Waals surface area contributed by atoms with Crippen LogP contribution < -0.4 is 0 Å². The summed E-state index contributed by atoms with van der Waals surface area (Å²) in [6, 6.07) is 0. The zero-order valence-electron chi connectivity index (χ0n) is 16.7. The second kappa shape index (κ2) is 13.5. The number of hydrogen-bond donors (Lipinski definition) is 2. The highest BCUT2D eigenvalue weighted by atomic mass is 16.5. The monoisotopic (exact) mass is 370 g/mol. The lowest BCUT2D eigenvalue weighted by molar-refractivity contribution is -0.873. The molecule has 6 heteroatoms. The Morgan fingerprint density at radius 3 is 2.19 bits per heavy atom. The molecule has 0 saturated carbocycles. The highest BCUT2D eigenvalue weighted by Crippen LogP contribution is 2.10. The summed E-state index contributed by atoms with van der Waals surface area (Å²) in [4.78, 5) is 22.9. The first-order chi connectivity index (χ1) is 12.1. The van der Waals surface area contributed by atoms with Crippen LogP contribution in [0.4, 0.5) is 0 Å². The van der Waals surface area contributed by atoms with Crippen molar-refractivity contribution < 1.29 is 29.0 Å². The molecular formula is C20H36NO5+. The number of carboxylic acids is 1. The fourth-order valence-electron chi connectivity index (χ4n) is 2.44. The van der Waals surface area contributed by atoms with Crippen LogP contribution >= 0.6 is 0 Å². The first kappa shape index (κ1) is 24.3. The van der Waals surface area contributed by atoms with E-state index >= 15 is 0 Å². The molecule has 0 aliphatic heterocycles. The quantitative estimate of drug-likeness (QED) is 0.279. The average Bonchev–Trinajstić information content (AvgIpc) is 2.47. The van der Waals surface area contributed by atoms with Gasteiger partial charge in [0, 0.05) is 0 Å². The predicted octanol–water partition coefficient (Wildman–Crippen LogP) is 2.91. The second-order valence-electron chi connectivity index (χ2n) is 7.59. The number of esters is 1. The van der Waals surface area contributed by atoms with Gasteiger partial charge in [-0.2, -0.15) is 0 Å². The van der Waals surface area contributed by atoms with Crippen LogP contribution in [-0.2, 0) is 14.3 Å². The van der Waals surface area contributed by atoms with E-state index in [0.29, 0.717) is 23.9 Å². The Balaban J connectivity index is 4.18. The molecule has 0 amide bonds. The van der Waals surface area contributed by atoms with Crippen LogP contribution in [0.5, 0.6) is 0 Å². The number of allylic oxidation sites excluding steroid dienone is 4. The van der Waals surface area contributed by atoms with Gasteiger partial charge in [0.15, 0.2) is 6.10 Å². The molecule has 0 aromatic carbocycles. The van der Waals surface area contributed by atoms with Crippen molar-refractivity contribution >= 4 is 11.9 Å². The van der Waals surface area contributed by atoms with Gasteiger partial charge in [0.1, 0.15) is 6.54 Å². The Kier molecular flexibility index (Phi) is 12.7. The van der Waals surface area contributed by atoms with E-state index in [-0.39, 0.29) is 12.8 Å². The number of quaternary nitrogens is 1. The molecule has 2 N–H and O–H groups in total. The number of ether oxygens (including phenoxy) is 1. The summed E-state index contributed by atoms with van der Waals surface area (Å²) >= 11 is 0. The van der Waals surface area contributed by atoms with Crippen molar-refractivity contribution in [3.63, 3.8) is 0 Å². The topological polar surface area (TPSA) is 83.8 Å². The van der Waals surface area contributed by atoms with E-state index in [1.54, 1.807) is 0 Å². The Bertz CT molecular complexity index is 465. The van der Waals surface area contributed by atoms with Crippen LogP contribution in [0.15, 0.2) is 24.3 Å². The molecule has 150 valence electrons. The molecule has 0 heterocycles. The summed E-state index contributed by atoms with van der Waals surface area (Å²) in [5, 5.41) is 18.9. The summed E-state index contributed by atoms with van der Waals surface area (Å²) in [7, 11) is 5.71. The summed E-state index contributed by atoms with van der Waals surface area (Å²) in [5.41, 5.74) is 0. The fourth-order valence-corrected chi connectivity index (χ4v) is 2.44. The Hall–Kier alpha value is -1.66. The van der Waals surface area contributed by atoms with E-state index in [0.717, 1.165) is 19.3 Å². The molecule has 2 atom stereocenters. The molecule has 0 rings (SSSR count). The minimum atomic E-state index is -1.00. The minimum Gasteiger partial charge on any atom is -0.481 e. The third-order valence-electron chi connectivity index (χ3n) is 3.58. The van der Waals surface area contributed by atoms with Gasteiger partial charge >= 0.3 is 11.9 Å². The Morgan fingerprint density at radius 1 is 1.04 bits per heavy atom. The number of likely N-dealkylation sites (N-methyl/N-ethyl adjacent to an activating group) is 1. The first-order valence-corrected chi connectivity index (χ1v) is 9.33. The maximum absolute atomic E-state index is 12.0. The van der Waals surface area contributed by atoms with Crippen molar-refractivity contribution in [2.24, 2.45) is 0 Å². The van der Waals surface area contributed by atoms with Crippen molar-refractivity contribution in [2.75, 3.05) is 27.7 Å². The maximum atomic E-state index is 12.0. The summed E-state index contributed by atoms with van der Waals surface area (Å²) < 4.78 is 5.76. The number of carboxylic acid groups (broad SMARTS) is 1. The molecule has 0 spiro atoms. The number of rotatable bonds is 14. The lowest BCUT2D eigenvalue weighted by atomic mass is 10.1. The smallest absolute Gasteiger partial charge is 0.308 e. The van der Waals surface area contributed by atoms with Crippen LogP contribution in [0, 0.1) is 0 Å². The van der Waals surface area contributed by atoms with Gasteiger partial charge in [-0.1, -0.05) is 37.6 Å². The molecule has 2 unspecified atom stereocenters. The maximum Gasteiger partial charge on any atom is 0.308 e. The number of carbonyl (C=O) groups is 2. The number of aliphatic carboxylic acids is 1. The van der Waals surface area contributed by atoms with E-state index in [4.69, 9.17) is 9.84 Å². The molecule has 6 nitrogen and oxygen atoms in total. The molecule has 0 aliphatic carbocycles. The standard InChI is InChI=1S/C20H35NO5/c1-5-6-7-8-9-10-11-12-13-17(22)14-20(25)26-18(15-19(23)24)16-21(2,3)4/h7-8,10-11,17-18,22H,5-6,9,12-16H2,1-4H3/p+1/b8-7+,11-10+. The van der Waals surface area contributed by atoms with E-state index in [9.17, 15) is 14.7 Å². The van der Waals surface area contributed by atoms with Crippen LogP contribution in [-0.4, -0.2) is 66.5 Å². The molecule has 0 fully saturated rings. The van der Waals surface area contributed by atoms with E-state index in [1.165, 1.54) is 0 Å². The third kappa shape index (κ3) is 15.8. The number of aliphatic hydroxyl groups is 1. The highest BCUT2D eigenvalue weighted by molar-refractivity contribution is 5.71. The zero-order chi connectivity index (χ0) is 20.0. The second-order valence-corrected chi connectivity index (χ2v) is 7.59. The van der Waals surface area contributed by atoms with Crippen molar-refractivity contribution in [1.29, 1.82) is 0 Å². The fraction of sp³-hybridized carbons (Fsp3) is 0.700. The lowest BCUT2D eigenvalue weighted by Crippen LogP contribution is -2.44. The number of aliphatic hydroxyl groups excluding tert-OH is 1. The normalized spacial score (nSPS) is 14.7. The first-order valence-electron chi connectivity index (χ1n) is 9.33. The molecule has 0 aromatic heterocycles. The van der Waals surface area contributed by atoms with Crippen molar-refractivity contribution in [1.82, 2.24) is 0 Å². The molecule has 0 bridgehead atoms. The molecular weight excluding hydrogens is 334 g/mol. The van der Waals surface area contributed by atoms with E-state index < -0.39 is 24.1 Å². The number of unbranched alkanes of at least 4 members (excludes halogenated alkanes) is 1. The predicted molar refractivity (Wildman–Crippen MR) is 103 cm³/mol. The van der Waals surface area contributed by atoms with Crippen LogP contribution in [0.25, 0.3) is 0 Å². The minimum absolute atomic E-state index is 0.114. The van der Waals surface area contributed by atoms with Gasteiger partial charge in [0.25, 0.3) is 0 Å². The molecule has 0 radical (unpaired) electrons. The summed E-state index contributed by atoms with van der Waals surface area (Å²) in [5.74, 6) is -1.56. The largest absolute Gasteiger partial charge is 0.481 e. The highest BCUT2D eigenvalue weighted by Gasteiger charge is 2.25. The van der Waals surface area contributed by atoms with Crippen LogP contribution in [0.3, 0.4) is 0 Å². The molecule has 26 heavy (non-hydrogen) atoms. The van der Waals surface area contributed by atoms with Gasteiger partial charge < -0.3 is 19.4 Å². The number of hydrogen-bond acceptors (Lipinski definition) is 4. The zero-order valence-corrected chi connectivity index (χ0v) is 16.7. The summed E-state index contributed by atoms with van der Waals surface area (Å²) in [6.07, 6.45) is 10.8. The molecule has 0 aromatic rings. The third-order valence-corrected chi connectivity index (χ3v) is 3.58. The van der Waals surface area contributed by atoms with Gasteiger partial charge in [0.2, 0.25) is 0 Å². The molecule has 0 aliphatic rings. The van der Waals surface area contributed by atoms with E-state index in [1.807, 2.05) is 33.3 Å². The van der Waals surface area contributed by atoms with Crippen molar-refractivity contribution in [3.8, 4) is 0 Å². The SMILES string of the molecule is CCC/C=C/C/C=C/CCC(O)CC(=O)OC(CC(=O)O)C[N+](C)(C)C. The number of nitrogens with zero attached hydrogens (tertiary/aromatic N) is 1. The van der Waals surface area contributed by atoms with Gasteiger partial charge in [-0.15, -0.1) is 0 Å². The lowest BCUT2D eigenvalue weighted by Gasteiger charge is -2.28. The summed E-state index contributed by atoms with van der Waals surface area (Å²) in [6.45, 7) is 2.54. The van der Waals surface area contributed by atoms with Crippen molar-refractivity contribution in [3.05, 3.63) is 24.3 Å². The van der Waals surface area contributed by atoms with Gasteiger partial charge in [-0.05, 0) is 25.7 Å². The Labute approximate surface area is 157 Å². The van der Waals surface area contributed by atoms with Gasteiger partial charge in [-0.25, -0.2) is 0 Å². The molecule has 0 saturated heterocycles. The van der Waals surface area contributed by atoms with E-state index in [2.05, 4.69) is 19.1 Å².